The number of nitrogens with zero attached hydrogens (tertiary/aromatic N) is 1. The van der Waals surface area contributed by atoms with Gasteiger partial charge < -0.3 is 27.6 Å². The number of carbonyl (C=O) groups is 1. The molecule has 0 spiro atoms. The lowest BCUT2D eigenvalue weighted by Crippen LogP contribution is -2.09. The predicted molar refractivity (Wildman–Crippen MR) is 79.9 cm³/mol. The molecule has 8 N–H and O–H groups in total. The van der Waals surface area contributed by atoms with Crippen molar-refractivity contribution in [3.63, 3.8) is 0 Å². The van der Waals surface area contributed by atoms with E-state index >= 15 is 0 Å². The Morgan fingerprint density at radius 1 is 1.10 bits per heavy atom. The van der Waals surface area contributed by atoms with E-state index in [0.29, 0.717) is 17.2 Å². The van der Waals surface area contributed by atoms with Crippen molar-refractivity contribution in [2.45, 2.75) is 6.92 Å². The third-order valence-corrected chi connectivity index (χ3v) is 2.20. The van der Waals surface area contributed by atoms with Crippen LogP contribution >= 0.6 is 0 Å². The molecular formula is C13H17N5O2. The fraction of sp³-hybridized carbons (Fsp3) is 0.0769. The van der Waals surface area contributed by atoms with Crippen LogP contribution in [-0.2, 0) is 4.79 Å². The van der Waals surface area contributed by atoms with Crippen molar-refractivity contribution in [2.24, 2.45) is 0 Å². The molecule has 0 saturated heterocycles. The Morgan fingerprint density at radius 2 is 1.75 bits per heavy atom. The van der Waals surface area contributed by atoms with Crippen molar-refractivity contribution in [3.05, 3.63) is 36.4 Å². The number of benzene rings is 1. The van der Waals surface area contributed by atoms with Crippen LogP contribution in [0.15, 0.2) is 36.4 Å². The quantitative estimate of drug-likeness (QED) is 0.391. The van der Waals surface area contributed by atoms with Gasteiger partial charge in [-0.1, -0.05) is 12.1 Å². The number of pyridine rings is 1. The first-order valence-corrected chi connectivity index (χ1v) is 5.73. The molecule has 0 fully saturated rings. The van der Waals surface area contributed by atoms with Crippen molar-refractivity contribution in [1.82, 2.24) is 4.98 Å². The first kappa shape index (κ1) is 15.1. The van der Waals surface area contributed by atoms with Crippen LogP contribution in [0.4, 0.5) is 23.0 Å². The van der Waals surface area contributed by atoms with Gasteiger partial charge in [0, 0.05) is 6.92 Å². The SMILES string of the molecule is CC(=O)Nc1ccc(N)c(N)n1.Nc1ccccc1O. The molecule has 7 nitrogen and oxygen atoms in total. The second-order valence-electron chi connectivity index (χ2n) is 3.91. The van der Waals surface area contributed by atoms with E-state index in [-0.39, 0.29) is 17.5 Å². The summed E-state index contributed by atoms with van der Waals surface area (Å²) in [4.78, 5) is 14.4. The van der Waals surface area contributed by atoms with Crippen LogP contribution < -0.4 is 22.5 Å². The maximum absolute atomic E-state index is 10.6. The normalized spacial score (nSPS) is 9.25. The van der Waals surface area contributed by atoms with Crippen molar-refractivity contribution in [1.29, 1.82) is 0 Å². The largest absolute Gasteiger partial charge is 0.506 e. The van der Waals surface area contributed by atoms with Crippen LogP contribution in [0.3, 0.4) is 0 Å². The summed E-state index contributed by atoms with van der Waals surface area (Å²) in [5, 5.41) is 11.3. The van der Waals surface area contributed by atoms with Crippen molar-refractivity contribution < 1.29 is 9.90 Å². The molecule has 0 unspecified atom stereocenters. The molecule has 0 aliphatic rings. The molecule has 1 aromatic heterocycles. The molecule has 20 heavy (non-hydrogen) atoms. The standard InChI is InChI=1S/C7H10N4O.C6H7NO/c1-4(12)10-6-3-2-5(8)7(9)11-6;7-5-3-1-2-4-6(5)8/h2-3H,8H2,1H3,(H3,9,10,11,12);1-4,8H,7H2. The Morgan fingerprint density at radius 3 is 2.20 bits per heavy atom. The zero-order chi connectivity index (χ0) is 15.1. The maximum atomic E-state index is 10.6. The van der Waals surface area contributed by atoms with Gasteiger partial charge in [-0.25, -0.2) is 4.98 Å². The number of anilines is 4. The number of aromatic hydroxyl groups is 1. The number of nitrogens with two attached hydrogens (primary N) is 3. The number of aromatic nitrogens is 1. The first-order chi connectivity index (χ1) is 9.40. The minimum absolute atomic E-state index is 0.146. The van der Waals surface area contributed by atoms with E-state index in [1.807, 2.05) is 0 Å². The monoisotopic (exact) mass is 275 g/mol. The number of rotatable bonds is 1. The molecule has 1 aromatic carbocycles. The van der Waals surface area contributed by atoms with Gasteiger partial charge in [0.15, 0.2) is 0 Å². The summed E-state index contributed by atoms with van der Waals surface area (Å²) < 4.78 is 0. The summed E-state index contributed by atoms with van der Waals surface area (Å²) in [7, 11) is 0. The number of hydrogen-bond acceptors (Lipinski definition) is 6. The second kappa shape index (κ2) is 6.83. The number of nitrogens with one attached hydrogen (secondary N) is 1. The minimum atomic E-state index is -0.188. The minimum Gasteiger partial charge on any atom is -0.506 e. The molecule has 0 saturated carbocycles. The highest BCUT2D eigenvalue weighted by molar-refractivity contribution is 5.88. The third kappa shape index (κ3) is 4.73. The number of carbonyl (C=O) groups excluding carboxylic acids is 1. The third-order valence-electron chi connectivity index (χ3n) is 2.20. The first-order valence-electron chi connectivity index (χ1n) is 5.73. The molecule has 0 radical (unpaired) electrons. The zero-order valence-corrected chi connectivity index (χ0v) is 11.0. The van der Waals surface area contributed by atoms with Gasteiger partial charge in [-0.05, 0) is 24.3 Å². The van der Waals surface area contributed by atoms with E-state index in [1.165, 1.54) is 6.92 Å². The van der Waals surface area contributed by atoms with Gasteiger partial charge in [-0.3, -0.25) is 4.79 Å². The van der Waals surface area contributed by atoms with Crippen LogP contribution in [-0.4, -0.2) is 16.0 Å². The van der Waals surface area contributed by atoms with Crippen LogP contribution in [0.1, 0.15) is 6.92 Å². The Hall–Kier alpha value is -2.96. The van der Waals surface area contributed by atoms with E-state index in [9.17, 15) is 4.79 Å². The Balaban J connectivity index is 0.000000217. The second-order valence-corrected chi connectivity index (χ2v) is 3.91. The summed E-state index contributed by atoms with van der Waals surface area (Å²) in [6.45, 7) is 1.40. The Labute approximate surface area is 116 Å². The lowest BCUT2D eigenvalue weighted by atomic mass is 10.3. The van der Waals surface area contributed by atoms with Crippen molar-refractivity contribution >= 4 is 28.9 Å². The van der Waals surface area contributed by atoms with Gasteiger partial charge in [0.2, 0.25) is 5.91 Å². The van der Waals surface area contributed by atoms with Gasteiger partial charge >= 0.3 is 0 Å². The molecule has 106 valence electrons. The van der Waals surface area contributed by atoms with Gasteiger partial charge in [0.05, 0.1) is 11.4 Å². The van der Waals surface area contributed by atoms with Crippen LogP contribution in [0.5, 0.6) is 5.75 Å². The van der Waals surface area contributed by atoms with Crippen LogP contribution in [0, 0.1) is 0 Å². The average molecular weight is 275 g/mol. The molecule has 0 bridgehead atoms. The van der Waals surface area contributed by atoms with E-state index in [4.69, 9.17) is 22.3 Å². The smallest absolute Gasteiger partial charge is 0.222 e. The molecule has 1 amide bonds. The van der Waals surface area contributed by atoms with Gasteiger partial charge in [-0.15, -0.1) is 0 Å². The lowest BCUT2D eigenvalue weighted by Gasteiger charge is -2.03. The fourth-order valence-electron chi connectivity index (χ4n) is 1.22. The fourth-order valence-corrected chi connectivity index (χ4v) is 1.22. The molecule has 7 heteroatoms. The average Bonchev–Trinajstić information content (AvgIpc) is 2.38. The molecular weight excluding hydrogens is 258 g/mol. The Bertz CT molecular complexity index is 580. The molecule has 2 rings (SSSR count). The number of nitrogen functional groups attached to an aromatic ring is 3. The highest BCUT2D eigenvalue weighted by Crippen LogP contribution is 2.16. The summed E-state index contributed by atoms with van der Waals surface area (Å²) >= 11 is 0. The van der Waals surface area contributed by atoms with Crippen LogP contribution in [0.25, 0.3) is 0 Å². The van der Waals surface area contributed by atoms with Gasteiger partial charge in [0.25, 0.3) is 0 Å². The zero-order valence-electron chi connectivity index (χ0n) is 11.0. The molecule has 2 aromatic rings. The highest BCUT2D eigenvalue weighted by Gasteiger charge is 1.99. The van der Waals surface area contributed by atoms with Gasteiger partial charge in [-0.2, -0.15) is 0 Å². The van der Waals surface area contributed by atoms with Gasteiger partial charge in [0.1, 0.15) is 17.4 Å². The van der Waals surface area contributed by atoms with E-state index in [2.05, 4.69) is 10.3 Å². The number of phenols is 1. The molecule has 0 aliphatic heterocycles. The summed E-state index contributed by atoms with van der Waals surface area (Å²) in [5.74, 6) is 0.592. The summed E-state index contributed by atoms with van der Waals surface area (Å²) in [6, 6.07) is 9.88. The number of para-hydroxylation sites is 2. The highest BCUT2D eigenvalue weighted by atomic mass is 16.3. The van der Waals surface area contributed by atoms with Crippen molar-refractivity contribution in [2.75, 3.05) is 22.5 Å². The van der Waals surface area contributed by atoms with Crippen LogP contribution in [0.2, 0.25) is 0 Å². The number of phenolic OH excluding ortho intramolecular Hbond substituents is 1. The van der Waals surface area contributed by atoms with Crippen molar-refractivity contribution in [3.8, 4) is 5.75 Å². The van der Waals surface area contributed by atoms with E-state index in [0.717, 1.165) is 0 Å². The number of hydrogen-bond donors (Lipinski definition) is 5. The lowest BCUT2D eigenvalue weighted by molar-refractivity contribution is -0.114. The Kier molecular flexibility index (Phi) is 5.16. The molecule has 0 aliphatic carbocycles. The van der Waals surface area contributed by atoms with E-state index < -0.39 is 0 Å². The van der Waals surface area contributed by atoms with E-state index in [1.54, 1.807) is 36.4 Å². The summed E-state index contributed by atoms with van der Waals surface area (Å²) in [6.07, 6.45) is 0. The summed E-state index contributed by atoms with van der Waals surface area (Å²) in [5.41, 5.74) is 16.9. The molecule has 0 atom stereocenters. The maximum Gasteiger partial charge on any atom is 0.222 e. The molecule has 1 heterocycles. The topological polar surface area (TPSA) is 140 Å². The number of amides is 1. The predicted octanol–water partition coefficient (Wildman–Crippen LogP) is 1.18.